The minimum absolute atomic E-state index is 0.697. The number of ether oxygens (including phenoxy) is 1. The number of hydrogen-bond acceptors (Lipinski definition) is 4. The van der Waals surface area contributed by atoms with Gasteiger partial charge in [-0.1, -0.05) is 23.4 Å². The molecule has 0 amide bonds. The first-order valence-corrected chi connectivity index (χ1v) is 8.00. The zero-order valence-electron chi connectivity index (χ0n) is 13.6. The Bertz CT molecular complexity index is 580. The Kier molecular flexibility index (Phi) is 6.40. The van der Waals surface area contributed by atoms with Crippen molar-refractivity contribution < 1.29 is 4.74 Å². The van der Waals surface area contributed by atoms with Crippen molar-refractivity contribution in [1.29, 1.82) is 0 Å². The number of para-hydroxylation sites is 1. The third-order valence-corrected chi connectivity index (χ3v) is 3.81. The van der Waals surface area contributed by atoms with Crippen molar-refractivity contribution in [2.45, 2.75) is 46.1 Å². The molecule has 22 heavy (non-hydrogen) atoms. The average Bonchev–Trinajstić information content (AvgIpc) is 2.87. The van der Waals surface area contributed by atoms with Gasteiger partial charge in [0, 0.05) is 6.54 Å². The number of nitrogens with zero attached hydrogens (tertiary/aromatic N) is 3. The van der Waals surface area contributed by atoms with E-state index in [1.165, 1.54) is 5.56 Å². The van der Waals surface area contributed by atoms with E-state index in [1.807, 2.05) is 22.9 Å². The minimum Gasteiger partial charge on any atom is -0.493 e. The number of hydrogen-bond donors (Lipinski definition) is 1. The molecule has 0 radical (unpaired) electrons. The first kappa shape index (κ1) is 16.5. The van der Waals surface area contributed by atoms with Crippen molar-refractivity contribution >= 4 is 0 Å². The molecule has 2 aromatic rings. The van der Waals surface area contributed by atoms with Crippen LogP contribution in [0, 0.1) is 13.8 Å². The van der Waals surface area contributed by atoms with Gasteiger partial charge in [0.05, 0.1) is 18.0 Å². The summed E-state index contributed by atoms with van der Waals surface area (Å²) in [6, 6.07) is 8.11. The lowest BCUT2D eigenvalue weighted by molar-refractivity contribution is 0.299. The molecule has 1 aromatic carbocycles. The van der Waals surface area contributed by atoms with Crippen molar-refractivity contribution in [3.63, 3.8) is 0 Å². The van der Waals surface area contributed by atoms with Crippen LogP contribution in [0.25, 0.3) is 0 Å². The van der Waals surface area contributed by atoms with Gasteiger partial charge in [0.2, 0.25) is 0 Å². The quantitative estimate of drug-likeness (QED) is 0.723. The topological polar surface area (TPSA) is 66.0 Å². The van der Waals surface area contributed by atoms with Crippen LogP contribution >= 0.6 is 0 Å². The number of rotatable bonds is 9. The Morgan fingerprint density at radius 1 is 1.14 bits per heavy atom. The molecule has 0 fully saturated rings. The SMILES string of the molecule is Cc1ccccc1OCCCCn1nnc(CCCN)c1C. The monoisotopic (exact) mass is 302 g/mol. The van der Waals surface area contributed by atoms with Crippen LogP contribution in [0.2, 0.25) is 0 Å². The van der Waals surface area contributed by atoms with Gasteiger partial charge < -0.3 is 10.5 Å². The standard InChI is InChI=1S/C17H26N4O/c1-14-8-3-4-10-17(14)22-13-6-5-12-21-15(2)16(19-20-21)9-7-11-18/h3-4,8,10H,5-7,9,11-13,18H2,1-2H3. The van der Waals surface area contributed by atoms with E-state index in [0.29, 0.717) is 6.54 Å². The fourth-order valence-corrected chi connectivity index (χ4v) is 2.37. The Labute approximate surface area is 132 Å². The van der Waals surface area contributed by atoms with E-state index in [4.69, 9.17) is 10.5 Å². The van der Waals surface area contributed by atoms with Crippen molar-refractivity contribution in [2.24, 2.45) is 5.73 Å². The normalized spacial score (nSPS) is 10.9. The van der Waals surface area contributed by atoms with Crippen LogP contribution in [0.1, 0.15) is 36.2 Å². The van der Waals surface area contributed by atoms with Gasteiger partial charge >= 0.3 is 0 Å². The summed E-state index contributed by atoms with van der Waals surface area (Å²) in [6.45, 7) is 6.46. The number of aromatic nitrogens is 3. The fourth-order valence-electron chi connectivity index (χ4n) is 2.37. The van der Waals surface area contributed by atoms with Gasteiger partial charge in [0.15, 0.2) is 0 Å². The molecular weight excluding hydrogens is 276 g/mol. The molecule has 0 saturated heterocycles. The first-order valence-electron chi connectivity index (χ1n) is 8.00. The molecule has 1 aromatic heterocycles. The van der Waals surface area contributed by atoms with Crippen LogP contribution in [0.3, 0.4) is 0 Å². The maximum atomic E-state index is 5.80. The molecule has 0 aliphatic heterocycles. The van der Waals surface area contributed by atoms with E-state index in [-0.39, 0.29) is 0 Å². The van der Waals surface area contributed by atoms with Gasteiger partial charge in [-0.15, -0.1) is 5.10 Å². The van der Waals surface area contributed by atoms with E-state index < -0.39 is 0 Å². The summed E-state index contributed by atoms with van der Waals surface area (Å²) in [5.74, 6) is 0.975. The highest BCUT2D eigenvalue weighted by molar-refractivity contribution is 5.31. The first-order chi connectivity index (χ1) is 10.7. The molecule has 1 heterocycles. The second-order valence-electron chi connectivity index (χ2n) is 5.56. The fraction of sp³-hybridized carbons (Fsp3) is 0.529. The van der Waals surface area contributed by atoms with E-state index in [9.17, 15) is 0 Å². The zero-order chi connectivity index (χ0) is 15.8. The Morgan fingerprint density at radius 2 is 1.95 bits per heavy atom. The van der Waals surface area contributed by atoms with Gasteiger partial charge in [0.25, 0.3) is 0 Å². The summed E-state index contributed by atoms with van der Waals surface area (Å²) >= 11 is 0. The molecule has 2 N–H and O–H groups in total. The Hall–Kier alpha value is -1.88. The van der Waals surface area contributed by atoms with Crippen molar-refractivity contribution in [1.82, 2.24) is 15.0 Å². The Balaban J connectivity index is 1.71. The van der Waals surface area contributed by atoms with Crippen LogP contribution in [-0.2, 0) is 13.0 Å². The van der Waals surface area contributed by atoms with E-state index >= 15 is 0 Å². The third kappa shape index (κ3) is 4.56. The predicted octanol–water partition coefficient (Wildman–Crippen LogP) is 2.65. The number of benzene rings is 1. The lowest BCUT2D eigenvalue weighted by Crippen LogP contribution is -2.06. The molecule has 0 bridgehead atoms. The van der Waals surface area contributed by atoms with Crippen molar-refractivity contribution in [3.05, 3.63) is 41.2 Å². The summed E-state index contributed by atoms with van der Waals surface area (Å²) in [5.41, 5.74) is 8.95. The zero-order valence-corrected chi connectivity index (χ0v) is 13.6. The molecule has 0 aliphatic carbocycles. The second kappa shape index (κ2) is 8.54. The van der Waals surface area contributed by atoms with E-state index in [0.717, 1.165) is 56.0 Å². The van der Waals surface area contributed by atoms with Gasteiger partial charge in [0.1, 0.15) is 5.75 Å². The molecule has 5 heteroatoms. The minimum atomic E-state index is 0.697. The highest BCUT2D eigenvalue weighted by Crippen LogP contribution is 2.16. The molecule has 120 valence electrons. The third-order valence-electron chi connectivity index (χ3n) is 3.81. The number of nitrogens with two attached hydrogens (primary N) is 1. The molecule has 0 unspecified atom stereocenters. The maximum absolute atomic E-state index is 5.80. The largest absolute Gasteiger partial charge is 0.493 e. The highest BCUT2D eigenvalue weighted by atomic mass is 16.5. The predicted molar refractivity (Wildman–Crippen MR) is 88.0 cm³/mol. The molecule has 0 saturated carbocycles. The number of aryl methyl sites for hydroxylation is 3. The van der Waals surface area contributed by atoms with E-state index in [2.05, 4.69) is 30.2 Å². The van der Waals surface area contributed by atoms with Crippen LogP contribution in [0.4, 0.5) is 0 Å². The molecular formula is C17H26N4O. The maximum Gasteiger partial charge on any atom is 0.122 e. The summed E-state index contributed by atoms with van der Waals surface area (Å²) < 4.78 is 7.79. The Morgan fingerprint density at radius 3 is 2.73 bits per heavy atom. The second-order valence-corrected chi connectivity index (χ2v) is 5.56. The molecule has 5 nitrogen and oxygen atoms in total. The molecule has 0 aliphatic rings. The summed E-state index contributed by atoms with van der Waals surface area (Å²) in [7, 11) is 0. The van der Waals surface area contributed by atoms with Crippen LogP contribution in [-0.4, -0.2) is 28.1 Å². The van der Waals surface area contributed by atoms with Gasteiger partial charge in [-0.3, -0.25) is 0 Å². The molecule has 0 spiro atoms. The van der Waals surface area contributed by atoms with Crippen LogP contribution < -0.4 is 10.5 Å². The summed E-state index contributed by atoms with van der Waals surface area (Å²) in [6.07, 6.45) is 3.92. The highest BCUT2D eigenvalue weighted by Gasteiger charge is 2.07. The number of unbranched alkanes of at least 4 members (excludes halogenated alkanes) is 1. The van der Waals surface area contributed by atoms with Gasteiger partial charge in [-0.05, 0) is 57.7 Å². The lowest BCUT2D eigenvalue weighted by Gasteiger charge is -2.09. The van der Waals surface area contributed by atoms with Crippen molar-refractivity contribution in [3.8, 4) is 5.75 Å². The summed E-state index contributed by atoms with van der Waals surface area (Å²) in [4.78, 5) is 0. The molecule has 0 atom stereocenters. The smallest absolute Gasteiger partial charge is 0.122 e. The van der Waals surface area contributed by atoms with Crippen LogP contribution in [0.15, 0.2) is 24.3 Å². The van der Waals surface area contributed by atoms with Crippen LogP contribution in [0.5, 0.6) is 5.75 Å². The van der Waals surface area contributed by atoms with Gasteiger partial charge in [-0.25, -0.2) is 4.68 Å². The van der Waals surface area contributed by atoms with E-state index in [1.54, 1.807) is 0 Å². The molecule has 2 rings (SSSR count). The summed E-state index contributed by atoms with van der Waals surface area (Å²) in [5, 5.41) is 8.46. The average molecular weight is 302 g/mol. The van der Waals surface area contributed by atoms with Gasteiger partial charge in [-0.2, -0.15) is 0 Å². The van der Waals surface area contributed by atoms with Crippen molar-refractivity contribution in [2.75, 3.05) is 13.2 Å². The lowest BCUT2D eigenvalue weighted by atomic mass is 10.2.